The fraction of sp³-hybridized carbons (Fsp3) is 0.174. The molecular formula is C23H21FN4O. The fourth-order valence-electron chi connectivity index (χ4n) is 3.34. The Hall–Kier alpha value is -3.54. The van der Waals surface area contributed by atoms with Gasteiger partial charge in [-0.1, -0.05) is 30.3 Å². The molecule has 0 saturated carbocycles. The maximum absolute atomic E-state index is 14.2. The second-order valence-corrected chi connectivity index (χ2v) is 6.79. The zero-order valence-corrected chi connectivity index (χ0v) is 15.9. The topological polar surface area (TPSA) is 59.8 Å². The van der Waals surface area contributed by atoms with E-state index in [-0.39, 0.29) is 11.7 Å². The molecule has 29 heavy (non-hydrogen) atoms. The predicted octanol–water partition coefficient (Wildman–Crippen LogP) is 3.98. The summed E-state index contributed by atoms with van der Waals surface area (Å²) in [5.74, 6) is 0.542. The van der Waals surface area contributed by atoms with E-state index in [2.05, 4.69) is 14.9 Å². The number of nitrogens with zero attached hydrogens (tertiary/aromatic N) is 3. The Balaban J connectivity index is 1.47. The Morgan fingerprint density at radius 2 is 1.76 bits per heavy atom. The van der Waals surface area contributed by atoms with E-state index >= 15 is 0 Å². The van der Waals surface area contributed by atoms with Crippen LogP contribution in [0.4, 0.5) is 4.39 Å². The number of imidazole rings is 1. The molecule has 0 radical (unpaired) electrons. The van der Waals surface area contributed by atoms with Crippen LogP contribution < -0.4 is 5.32 Å². The molecule has 2 heterocycles. The van der Waals surface area contributed by atoms with Gasteiger partial charge < -0.3 is 9.88 Å². The van der Waals surface area contributed by atoms with Crippen molar-refractivity contribution < 1.29 is 9.18 Å². The maximum Gasteiger partial charge on any atom is 0.251 e. The smallest absolute Gasteiger partial charge is 0.251 e. The average Bonchev–Trinajstić information content (AvgIpc) is 3.10. The van der Waals surface area contributed by atoms with Gasteiger partial charge in [0.25, 0.3) is 5.91 Å². The van der Waals surface area contributed by atoms with Crippen molar-refractivity contribution in [3.05, 3.63) is 95.8 Å². The lowest BCUT2D eigenvalue weighted by Crippen LogP contribution is -2.25. The Kier molecular flexibility index (Phi) is 5.61. The summed E-state index contributed by atoms with van der Waals surface area (Å²) < 4.78 is 16.2. The predicted molar refractivity (Wildman–Crippen MR) is 110 cm³/mol. The molecule has 5 nitrogen and oxygen atoms in total. The molecule has 6 heteroatoms. The average molecular weight is 388 g/mol. The summed E-state index contributed by atoms with van der Waals surface area (Å²) in [5.41, 5.74) is 3.08. The number of aromatic nitrogens is 3. The van der Waals surface area contributed by atoms with Crippen molar-refractivity contribution in [2.45, 2.75) is 19.4 Å². The molecular weight excluding hydrogens is 367 g/mol. The Morgan fingerprint density at radius 3 is 2.59 bits per heavy atom. The number of nitrogens with one attached hydrogen (secondary N) is 1. The first kappa shape index (κ1) is 18.8. The molecule has 4 rings (SSSR count). The Morgan fingerprint density at radius 1 is 1.00 bits per heavy atom. The minimum atomic E-state index is -0.221. The lowest BCUT2D eigenvalue weighted by atomic mass is 10.2. The number of fused-ring (bicyclic) bond motifs is 1. The van der Waals surface area contributed by atoms with Crippen molar-refractivity contribution >= 4 is 16.9 Å². The van der Waals surface area contributed by atoms with E-state index in [1.807, 2.05) is 30.3 Å². The Labute approximate surface area is 168 Å². The molecule has 2 aromatic heterocycles. The zero-order valence-electron chi connectivity index (χ0n) is 15.9. The van der Waals surface area contributed by atoms with Crippen LogP contribution in [0.1, 0.15) is 28.2 Å². The molecule has 4 aromatic rings. The van der Waals surface area contributed by atoms with Crippen LogP contribution in [0.15, 0.2) is 73.1 Å². The normalized spacial score (nSPS) is 10.9. The Bertz CT molecular complexity index is 1120. The lowest BCUT2D eigenvalue weighted by Gasteiger charge is -2.11. The third-order valence-corrected chi connectivity index (χ3v) is 4.83. The number of amides is 1. The number of pyridine rings is 1. The van der Waals surface area contributed by atoms with Gasteiger partial charge in [-0.25, -0.2) is 9.37 Å². The number of rotatable bonds is 7. The van der Waals surface area contributed by atoms with Gasteiger partial charge >= 0.3 is 0 Å². The van der Waals surface area contributed by atoms with Crippen molar-refractivity contribution in [2.75, 3.05) is 6.54 Å². The SMILES string of the molecule is O=C(NCCCc1nc2ccccc2n1Cc1ccccc1F)c1ccncc1. The van der Waals surface area contributed by atoms with Crippen LogP contribution >= 0.6 is 0 Å². The van der Waals surface area contributed by atoms with Crippen molar-refractivity contribution in [3.8, 4) is 0 Å². The molecule has 0 bridgehead atoms. The standard InChI is InChI=1S/C23H21FN4O/c24-19-7-2-1-6-18(19)16-28-21-9-4-3-8-20(21)27-22(28)10-5-13-26-23(29)17-11-14-25-15-12-17/h1-4,6-9,11-12,14-15H,5,10,13,16H2,(H,26,29). The molecule has 146 valence electrons. The van der Waals surface area contributed by atoms with Crippen molar-refractivity contribution in [3.63, 3.8) is 0 Å². The van der Waals surface area contributed by atoms with E-state index in [9.17, 15) is 9.18 Å². The molecule has 0 spiro atoms. The lowest BCUT2D eigenvalue weighted by molar-refractivity contribution is 0.0953. The number of benzene rings is 2. The molecule has 0 atom stereocenters. The quantitative estimate of drug-likeness (QED) is 0.487. The number of halogens is 1. The minimum Gasteiger partial charge on any atom is -0.352 e. The minimum absolute atomic E-state index is 0.118. The summed E-state index contributed by atoms with van der Waals surface area (Å²) in [7, 11) is 0. The van der Waals surface area contributed by atoms with Crippen molar-refractivity contribution in [2.24, 2.45) is 0 Å². The highest BCUT2D eigenvalue weighted by Crippen LogP contribution is 2.20. The van der Waals surface area contributed by atoms with E-state index in [4.69, 9.17) is 4.98 Å². The molecule has 0 saturated heterocycles. The van der Waals surface area contributed by atoms with E-state index in [0.717, 1.165) is 23.3 Å². The number of carbonyl (C=O) groups is 1. The highest BCUT2D eigenvalue weighted by molar-refractivity contribution is 5.93. The third-order valence-electron chi connectivity index (χ3n) is 4.83. The molecule has 0 aliphatic carbocycles. The molecule has 1 N–H and O–H groups in total. The van der Waals surface area contributed by atoms with Gasteiger partial charge in [0.2, 0.25) is 0 Å². The van der Waals surface area contributed by atoms with Gasteiger partial charge in [-0.15, -0.1) is 0 Å². The maximum atomic E-state index is 14.2. The number of hydrogen-bond acceptors (Lipinski definition) is 3. The third kappa shape index (κ3) is 4.32. The summed E-state index contributed by atoms with van der Waals surface area (Å²) >= 11 is 0. The first-order valence-electron chi connectivity index (χ1n) is 9.58. The highest BCUT2D eigenvalue weighted by atomic mass is 19.1. The van der Waals surface area contributed by atoms with Crippen LogP contribution in [0, 0.1) is 5.82 Å². The monoisotopic (exact) mass is 388 g/mol. The van der Waals surface area contributed by atoms with Gasteiger partial charge in [0, 0.05) is 36.5 Å². The van der Waals surface area contributed by atoms with Crippen molar-refractivity contribution in [1.29, 1.82) is 0 Å². The van der Waals surface area contributed by atoms with E-state index in [0.29, 0.717) is 30.6 Å². The van der Waals surface area contributed by atoms with E-state index in [1.54, 1.807) is 36.7 Å². The number of hydrogen-bond donors (Lipinski definition) is 1. The summed E-state index contributed by atoms with van der Waals surface area (Å²) in [6.07, 6.45) is 4.61. The molecule has 0 unspecified atom stereocenters. The summed E-state index contributed by atoms with van der Waals surface area (Å²) in [6.45, 7) is 0.954. The number of aryl methyl sites for hydroxylation is 1. The van der Waals surface area contributed by atoms with Crippen LogP contribution in [-0.2, 0) is 13.0 Å². The molecule has 2 aromatic carbocycles. The summed E-state index contributed by atoms with van der Waals surface area (Å²) in [4.78, 5) is 20.8. The van der Waals surface area contributed by atoms with Gasteiger partial charge in [-0.2, -0.15) is 0 Å². The highest BCUT2D eigenvalue weighted by Gasteiger charge is 2.13. The summed E-state index contributed by atoms with van der Waals surface area (Å²) in [6, 6.07) is 18.0. The van der Waals surface area contributed by atoms with Crippen LogP contribution in [0.3, 0.4) is 0 Å². The fourth-order valence-corrected chi connectivity index (χ4v) is 3.34. The molecule has 0 aliphatic rings. The first-order chi connectivity index (χ1) is 14.2. The van der Waals surface area contributed by atoms with Crippen LogP contribution in [0.25, 0.3) is 11.0 Å². The van der Waals surface area contributed by atoms with E-state index < -0.39 is 0 Å². The first-order valence-corrected chi connectivity index (χ1v) is 9.58. The summed E-state index contributed by atoms with van der Waals surface area (Å²) in [5, 5.41) is 2.92. The second kappa shape index (κ2) is 8.65. The van der Waals surface area contributed by atoms with Gasteiger partial charge in [0.15, 0.2) is 0 Å². The van der Waals surface area contributed by atoms with Crippen LogP contribution in [0.2, 0.25) is 0 Å². The van der Waals surface area contributed by atoms with Gasteiger partial charge in [-0.3, -0.25) is 9.78 Å². The largest absolute Gasteiger partial charge is 0.352 e. The molecule has 0 fully saturated rings. The van der Waals surface area contributed by atoms with Gasteiger partial charge in [-0.05, 0) is 36.8 Å². The molecule has 1 amide bonds. The van der Waals surface area contributed by atoms with Crippen LogP contribution in [-0.4, -0.2) is 27.0 Å². The zero-order chi connectivity index (χ0) is 20.1. The van der Waals surface area contributed by atoms with Crippen molar-refractivity contribution in [1.82, 2.24) is 19.9 Å². The molecule has 0 aliphatic heterocycles. The van der Waals surface area contributed by atoms with E-state index in [1.165, 1.54) is 6.07 Å². The number of para-hydroxylation sites is 2. The second-order valence-electron chi connectivity index (χ2n) is 6.79. The number of carbonyl (C=O) groups excluding carboxylic acids is 1. The van der Waals surface area contributed by atoms with Gasteiger partial charge in [0.1, 0.15) is 11.6 Å². The van der Waals surface area contributed by atoms with Crippen LogP contribution in [0.5, 0.6) is 0 Å². The van der Waals surface area contributed by atoms with Gasteiger partial charge in [0.05, 0.1) is 17.6 Å².